The van der Waals surface area contributed by atoms with Crippen molar-refractivity contribution < 1.29 is 14.3 Å². The molecule has 3 heteroatoms. The second kappa shape index (κ2) is 16.0. The average Bonchev–Trinajstić information content (AvgIpc) is 2.93. The summed E-state index contributed by atoms with van der Waals surface area (Å²) in [5, 5.41) is 0. The maximum atomic E-state index is 12.6. The first-order chi connectivity index (χ1) is 18.1. The lowest BCUT2D eigenvalue weighted by Gasteiger charge is -2.13. The van der Waals surface area contributed by atoms with E-state index >= 15 is 0 Å². The predicted octanol–water partition coefficient (Wildman–Crippen LogP) is 9.74. The van der Waals surface area contributed by atoms with Crippen LogP contribution in [0.4, 0.5) is 0 Å². The van der Waals surface area contributed by atoms with Gasteiger partial charge in [-0.25, -0.2) is 4.79 Å². The summed E-state index contributed by atoms with van der Waals surface area (Å²) in [5.41, 5.74) is 5.28. The number of benzene rings is 3. The van der Waals surface area contributed by atoms with Crippen LogP contribution >= 0.6 is 0 Å². The lowest BCUT2D eigenvalue weighted by Crippen LogP contribution is -2.09. The Morgan fingerprint density at radius 3 is 1.86 bits per heavy atom. The molecule has 0 heterocycles. The molecule has 0 aliphatic heterocycles. The highest BCUT2D eigenvalue weighted by Gasteiger charge is 2.11. The molecule has 0 aliphatic carbocycles. The van der Waals surface area contributed by atoms with Gasteiger partial charge in [-0.2, -0.15) is 0 Å². The molecule has 3 nitrogen and oxygen atoms in total. The summed E-state index contributed by atoms with van der Waals surface area (Å²) in [6, 6.07) is 24.1. The van der Waals surface area contributed by atoms with Crippen molar-refractivity contribution in [1.29, 1.82) is 0 Å². The van der Waals surface area contributed by atoms with Crippen LogP contribution < -0.4 is 4.74 Å². The van der Waals surface area contributed by atoms with E-state index in [0.29, 0.717) is 11.3 Å². The Morgan fingerprint density at radius 2 is 1.24 bits per heavy atom. The highest BCUT2D eigenvalue weighted by Crippen LogP contribution is 2.24. The average molecular weight is 501 g/mol. The number of ether oxygens (including phenoxy) is 2. The van der Waals surface area contributed by atoms with Crippen LogP contribution in [0, 0.1) is 0 Å². The first-order valence-electron chi connectivity index (χ1n) is 14.2. The SMILES string of the molecule is CCCCCCCCCc1ccc(-c2ccc(OC(=O)c3ccc(C(C)OCCCC)cc3)cc2)cc1. The molecule has 0 aliphatic rings. The zero-order valence-corrected chi connectivity index (χ0v) is 23.0. The van der Waals surface area contributed by atoms with Crippen molar-refractivity contribution in [2.45, 2.75) is 91.1 Å². The van der Waals surface area contributed by atoms with E-state index in [-0.39, 0.29) is 12.1 Å². The molecule has 1 atom stereocenters. The minimum absolute atomic E-state index is 0.0125. The quantitative estimate of drug-likeness (QED) is 0.111. The van der Waals surface area contributed by atoms with Crippen molar-refractivity contribution in [3.8, 4) is 16.9 Å². The molecule has 0 aromatic heterocycles. The molecule has 0 amide bonds. The van der Waals surface area contributed by atoms with Gasteiger partial charge in [-0.1, -0.05) is 107 Å². The molecular weight excluding hydrogens is 456 g/mol. The second-order valence-electron chi connectivity index (χ2n) is 9.97. The van der Waals surface area contributed by atoms with E-state index in [1.807, 2.05) is 43.3 Å². The Morgan fingerprint density at radius 1 is 0.676 bits per heavy atom. The fourth-order valence-electron chi connectivity index (χ4n) is 4.42. The summed E-state index contributed by atoms with van der Waals surface area (Å²) in [4.78, 5) is 12.6. The molecule has 3 rings (SSSR count). The van der Waals surface area contributed by atoms with Gasteiger partial charge in [-0.05, 0) is 72.7 Å². The van der Waals surface area contributed by atoms with Crippen LogP contribution in [0.2, 0.25) is 0 Å². The lowest BCUT2D eigenvalue weighted by molar-refractivity contribution is 0.0635. The molecule has 3 aromatic rings. The second-order valence-corrected chi connectivity index (χ2v) is 9.97. The van der Waals surface area contributed by atoms with Crippen molar-refractivity contribution in [3.63, 3.8) is 0 Å². The third-order valence-electron chi connectivity index (χ3n) is 6.90. The van der Waals surface area contributed by atoms with Gasteiger partial charge in [0.2, 0.25) is 0 Å². The highest BCUT2D eigenvalue weighted by atomic mass is 16.5. The minimum atomic E-state index is -0.353. The van der Waals surface area contributed by atoms with E-state index in [9.17, 15) is 4.79 Å². The van der Waals surface area contributed by atoms with Gasteiger partial charge >= 0.3 is 5.97 Å². The van der Waals surface area contributed by atoms with Crippen molar-refractivity contribution in [2.24, 2.45) is 0 Å². The van der Waals surface area contributed by atoms with E-state index in [2.05, 4.69) is 38.1 Å². The van der Waals surface area contributed by atoms with Gasteiger partial charge in [0.05, 0.1) is 11.7 Å². The molecular formula is C34H44O3. The Labute approximate surface area is 224 Å². The smallest absolute Gasteiger partial charge is 0.343 e. The number of unbranched alkanes of at least 4 members (excludes halogenated alkanes) is 7. The number of esters is 1. The van der Waals surface area contributed by atoms with E-state index in [4.69, 9.17) is 9.47 Å². The number of carbonyl (C=O) groups excluding carboxylic acids is 1. The molecule has 37 heavy (non-hydrogen) atoms. The first-order valence-corrected chi connectivity index (χ1v) is 14.2. The zero-order valence-electron chi connectivity index (χ0n) is 23.0. The Balaban J connectivity index is 1.46. The molecule has 198 valence electrons. The summed E-state index contributed by atoms with van der Waals surface area (Å²) >= 11 is 0. The minimum Gasteiger partial charge on any atom is -0.423 e. The largest absolute Gasteiger partial charge is 0.423 e. The van der Waals surface area contributed by atoms with E-state index in [1.165, 1.54) is 56.1 Å². The van der Waals surface area contributed by atoms with Crippen LogP contribution in [0.15, 0.2) is 72.8 Å². The van der Waals surface area contributed by atoms with E-state index in [1.54, 1.807) is 12.1 Å². The van der Waals surface area contributed by atoms with Crippen molar-refractivity contribution >= 4 is 5.97 Å². The fourth-order valence-corrected chi connectivity index (χ4v) is 4.42. The zero-order chi connectivity index (χ0) is 26.3. The molecule has 0 saturated heterocycles. The predicted molar refractivity (Wildman–Crippen MR) is 154 cm³/mol. The summed E-state index contributed by atoms with van der Waals surface area (Å²) in [5.74, 6) is 0.193. The fraction of sp³-hybridized carbons (Fsp3) is 0.441. The number of carbonyl (C=O) groups is 1. The van der Waals surface area contributed by atoms with Gasteiger partial charge in [0, 0.05) is 6.61 Å². The highest BCUT2D eigenvalue weighted by molar-refractivity contribution is 5.91. The van der Waals surface area contributed by atoms with Crippen LogP contribution in [0.3, 0.4) is 0 Å². The topological polar surface area (TPSA) is 35.5 Å². The third-order valence-corrected chi connectivity index (χ3v) is 6.90. The Hall–Kier alpha value is -2.91. The van der Waals surface area contributed by atoms with Gasteiger partial charge in [-0.3, -0.25) is 0 Å². The lowest BCUT2D eigenvalue weighted by atomic mass is 10.0. The van der Waals surface area contributed by atoms with Crippen LogP contribution in [0.1, 0.15) is 106 Å². The number of aryl methyl sites for hydroxylation is 1. The molecule has 0 fully saturated rings. The molecule has 0 spiro atoms. The van der Waals surface area contributed by atoms with Crippen LogP contribution in [-0.2, 0) is 11.2 Å². The van der Waals surface area contributed by atoms with Crippen molar-refractivity contribution in [1.82, 2.24) is 0 Å². The maximum absolute atomic E-state index is 12.6. The van der Waals surface area contributed by atoms with E-state index < -0.39 is 0 Å². The van der Waals surface area contributed by atoms with Gasteiger partial charge in [-0.15, -0.1) is 0 Å². The molecule has 3 aromatic carbocycles. The summed E-state index contributed by atoms with van der Waals surface area (Å²) in [6.07, 6.45) is 12.7. The normalized spacial score (nSPS) is 11.9. The maximum Gasteiger partial charge on any atom is 0.343 e. The molecule has 0 saturated carbocycles. The van der Waals surface area contributed by atoms with E-state index in [0.717, 1.165) is 37.0 Å². The van der Waals surface area contributed by atoms with Crippen LogP contribution in [0.25, 0.3) is 11.1 Å². The first kappa shape index (κ1) is 28.7. The van der Waals surface area contributed by atoms with Gasteiger partial charge in [0.25, 0.3) is 0 Å². The standard InChI is InChI=1S/C34H44O3/c1-4-6-8-9-10-11-12-13-28-14-16-30(17-15-28)31-22-24-33(25-23-31)37-34(35)32-20-18-29(19-21-32)27(3)36-26-7-5-2/h14-25,27H,4-13,26H2,1-3H3. The summed E-state index contributed by atoms with van der Waals surface area (Å²) < 4.78 is 11.4. The van der Waals surface area contributed by atoms with Crippen LogP contribution in [0.5, 0.6) is 5.75 Å². The summed E-state index contributed by atoms with van der Waals surface area (Å²) in [7, 11) is 0. The third kappa shape index (κ3) is 9.81. The van der Waals surface area contributed by atoms with Crippen molar-refractivity contribution in [2.75, 3.05) is 6.61 Å². The number of hydrogen-bond acceptors (Lipinski definition) is 3. The number of hydrogen-bond donors (Lipinski definition) is 0. The molecule has 0 N–H and O–H groups in total. The number of rotatable bonds is 16. The van der Waals surface area contributed by atoms with Gasteiger partial charge in [0.15, 0.2) is 0 Å². The molecule has 0 bridgehead atoms. The monoisotopic (exact) mass is 500 g/mol. The molecule has 0 radical (unpaired) electrons. The molecule has 1 unspecified atom stereocenters. The Bertz CT molecular complexity index is 1040. The van der Waals surface area contributed by atoms with Crippen molar-refractivity contribution in [3.05, 3.63) is 89.5 Å². The van der Waals surface area contributed by atoms with Gasteiger partial charge in [0.1, 0.15) is 5.75 Å². The van der Waals surface area contributed by atoms with Gasteiger partial charge < -0.3 is 9.47 Å². The van der Waals surface area contributed by atoms with Crippen LogP contribution in [-0.4, -0.2) is 12.6 Å². The Kier molecular flexibility index (Phi) is 12.4. The summed E-state index contributed by atoms with van der Waals surface area (Å²) in [6.45, 7) is 7.20.